The van der Waals surface area contributed by atoms with Crippen molar-refractivity contribution in [3.05, 3.63) is 63.8 Å². The number of nitriles is 1. The van der Waals surface area contributed by atoms with E-state index < -0.39 is 18.5 Å². The summed E-state index contributed by atoms with van der Waals surface area (Å²) in [7, 11) is 0. The Morgan fingerprint density at radius 2 is 2.13 bits per heavy atom. The molecule has 3 aromatic rings. The number of halogens is 1. The number of aryl methyl sites for hydroxylation is 1. The van der Waals surface area contributed by atoms with E-state index in [1.807, 2.05) is 18.2 Å². The van der Waals surface area contributed by atoms with Crippen LogP contribution < -0.4 is 5.32 Å². The lowest BCUT2D eigenvalue weighted by Crippen LogP contribution is -2.21. The molecule has 0 saturated carbocycles. The molecule has 1 aliphatic carbocycles. The number of aromatic nitrogens is 1. The lowest BCUT2D eigenvalue weighted by atomic mass is 9.87. The van der Waals surface area contributed by atoms with Gasteiger partial charge in [-0.3, -0.25) is 4.79 Å². The molecule has 6 nitrogen and oxygen atoms in total. The number of nitrogens with one attached hydrogen (secondary N) is 2. The molecule has 4 rings (SSSR count). The molecule has 0 aliphatic heterocycles. The summed E-state index contributed by atoms with van der Waals surface area (Å²) in [5.74, 6) is -0.423. The number of hydrogen-bond donors (Lipinski definition) is 2. The van der Waals surface area contributed by atoms with E-state index in [0.717, 1.165) is 30.2 Å². The second-order valence-corrected chi connectivity index (χ2v) is 8.03. The average molecular weight is 422 g/mol. The van der Waals surface area contributed by atoms with E-state index in [1.54, 1.807) is 12.1 Å². The lowest BCUT2D eigenvalue weighted by Gasteiger charge is -2.18. The highest BCUT2D eigenvalue weighted by Crippen LogP contribution is 2.32. The summed E-state index contributed by atoms with van der Waals surface area (Å²) in [5.41, 5.74) is 4.69. The first-order valence-corrected chi connectivity index (χ1v) is 10.1. The highest BCUT2D eigenvalue weighted by atomic mass is 35.5. The molecule has 1 aromatic heterocycles. The highest BCUT2D eigenvalue weighted by Gasteiger charge is 2.21. The molecule has 1 aliphatic rings. The maximum absolute atomic E-state index is 12.5. The Morgan fingerprint density at radius 3 is 2.90 bits per heavy atom. The zero-order valence-corrected chi connectivity index (χ0v) is 17.2. The molecule has 1 amide bonds. The Kier molecular flexibility index (Phi) is 5.47. The molecule has 0 bridgehead atoms. The summed E-state index contributed by atoms with van der Waals surface area (Å²) < 4.78 is 5.18. The second-order valence-electron chi connectivity index (χ2n) is 7.62. The van der Waals surface area contributed by atoms with Gasteiger partial charge in [0, 0.05) is 22.3 Å². The minimum absolute atomic E-state index is 0.241. The number of carbonyl (C=O) groups is 2. The van der Waals surface area contributed by atoms with Gasteiger partial charge in [0.15, 0.2) is 6.61 Å². The Hall–Kier alpha value is -3.30. The number of esters is 1. The van der Waals surface area contributed by atoms with Crippen LogP contribution in [0.5, 0.6) is 0 Å². The number of carbonyl (C=O) groups excluding carboxylic acids is 2. The molecule has 7 heteroatoms. The van der Waals surface area contributed by atoms with Gasteiger partial charge in [0.2, 0.25) is 0 Å². The predicted octanol–water partition coefficient (Wildman–Crippen LogP) is 4.61. The second kappa shape index (κ2) is 8.21. The smallest absolute Gasteiger partial charge is 0.338 e. The van der Waals surface area contributed by atoms with Gasteiger partial charge in [-0.2, -0.15) is 5.26 Å². The van der Waals surface area contributed by atoms with E-state index in [4.69, 9.17) is 21.6 Å². The molecular weight excluding hydrogens is 402 g/mol. The summed E-state index contributed by atoms with van der Waals surface area (Å²) in [6.07, 6.45) is 3.17. The third-order valence-corrected chi connectivity index (χ3v) is 5.69. The molecular formula is C23H20ClN3O3. The zero-order valence-electron chi connectivity index (χ0n) is 16.4. The summed E-state index contributed by atoms with van der Waals surface area (Å²) >= 11 is 5.96. The molecule has 0 saturated heterocycles. The van der Waals surface area contributed by atoms with Gasteiger partial charge in [-0.05, 0) is 67.1 Å². The standard InChI is InChI=1S/C23H20ClN3O3/c1-13-2-6-20-17(8-13)18-9-14(4-7-21(18)27-20)23(29)30-12-22(28)26-16-5-3-15(11-25)19(24)10-16/h3-5,7,9-10,13,27H,2,6,8,12H2,1H3,(H,26,28)/t13-/m0/s1. The molecule has 0 unspecified atom stereocenters. The van der Waals surface area contributed by atoms with Crippen molar-refractivity contribution in [1.29, 1.82) is 5.26 Å². The van der Waals surface area contributed by atoms with Crippen LogP contribution >= 0.6 is 11.6 Å². The van der Waals surface area contributed by atoms with Crippen LogP contribution in [0.15, 0.2) is 36.4 Å². The quantitative estimate of drug-likeness (QED) is 0.601. The van der Waals surface area contributed by atoms with Crippen LogP contribution in [0.4, 0.5) is 5.69 Å². The average Bonchev–Trinajstić information content (AvgIpc) is 3.09. The van der Waals surface area contributed by atoms with Gasteiger partial charge >= 0.3 is 5.97 Å². The van der Waals surface area contributed by atoms with E-state index in [-0.39, 0.29) is 5.02 Å². The fraction of sp³-hybridized carbons (Fsp3) is 0.261. The van der Waals surface area contributed by atoms with Crippen molar-refractivity contribution < 1.29 is 14.3 Å². The van der Waals surface area contributed by atoms with Crippen LogP contribution in [0.3, 0.4) is 0 Å². The van der Waals surface area contributed by atoms with Crippen LogP contribution in [-0.2, 0) is 22.4 Å². The van der Waals surface area contributed by atoms with Crippen molar-refractivity contribution >= 4 is 40.1 Å². The number of nitrogens with zero attached hydrogens (tertiary/aromatic N) is 1. The van der Waals surface area contributed by atoms with Gasteiger partial charge in [0.05, 0.1) is 16.1 Å². The van der Waals surface area contributed by atoms with Gasteiger partial charge in [0.1, 0.15) is 6.07 Å². The SMILES string of the molecule is C[C@H]1CCc2[nH]c3ccc(C(=O)OCC(=O)Nc4ccc(C#N)c(Cl)c4)cc3c2C1. The molecule has 0 fully saturated rings. The monoisotopic (exact) mass is 421 g/mol. The molecule has 2 N–H and O–H groups in total. The topological polar surface area (TPSA) is 95.0 Å². The number of fused-ring (bicyclic) bond motifs is 3. The van der Waals surface area contributed by atoms with E-state index in [2.05, 4.69) is 17.2 Å². The van der Waals surface area contributed by atoms with Crippen LogP contribution in [0.25, 0.3) is 10.9 Å². The number of amides is 1. The minimum Gasteiger partial charge on any atom is -0.452 e. The summed E-state index contributed by atoms with van der Waals surface area (Å²) in [5, 5.41) is 12.8. The molecule has 0 spiro atoms. The van der Waals surface area contributed by atoms with Crippen molar-refractivity contribution in [3.63, 3.8) is 0 Å². The number of rotatable bonds is 4. The first-order valence-electron chi connectivity index (χ1n) is 9.74. The van der Waals surface area contributed by atoms with Gasteiger partial charge < -0.3 is 15.0 Å². The number of anilines is 1. The first kappa shape index (κ1) is 20.0. The predicted molar refractivity (Wildman–Crippen MR) is 115 cm³/mol. The third kappa shape index (κ3) is 4.03. The largest absolute Gasteiger partial charge is 0.452 e. The van der Waals surface area contributed by atoms with Crippen molar-refractivity contribution in [3.8, 4) is 6.07 Å². The van der Waals surface area contributed by atoms with Crippen molar-refractivity contribution in [2.45, 2.75) is 26.2 Å². The van der Waals surface area contributed by atoms with Gasteiger partial charge in [-0.1, -0.05) is 18.5 Å². The number of H-pyrrole nitrogens is 1. The fourth-order valence-corrected chi connectivity index (χ4v) is 4.04. The summed E-state index contributed by atoms with van der Waals surface area (Å²) in [6, 6.07) is 11.9. The number of benzene rings is 2. The van der Waals surface area contributed by atoms with Crippen molar-refractivity contribution in [2.24, 2.45) is 5.92 Å². The Labute approximate surface area is 178 Å². The maximum Gasteiger partial charge on any atom is 0.338 e. The Morgan fingerprint density at radius 1 is 1.30 bits per heavy atom. The van der Waals surface area contributed by atoms with Crippen LogP contribution in [0.1, 0.15) is 40.5 Å². The van der Waals surface area contributed by atoms with Crippen molar-refractivity contribution in [1.82, 2.24) is 4.98 Å². The van der Waals surface area contributed by atoms with E-state index in [9.17, 15) is 9.59 Å². The number of hydrogen-bond acceptors (Lipinski definition) is 4. The van der Waals surface area contributed by atoms with Gasteiger partial charge in [0.25, 0.3) is 5.91 Å². The van der Waals surface area contributed by atoms with Crippen LogP contribution in [0, 0.1) is 17.2 Å². The molecule has 30 heavy (non-hydrogen) atoms. The maximum atomic E-state index is 12.5. The van der Waals surface area contributed by atoms with E-state index >= 15 is 0 Å². The number of ether oxygens (including phenoxy) is 1. The molecule has 1 atom stereocenters. The van der Waals surface area contributed by atoms with E-state index in [1.165, 1.54) is 23.4 Å². The van der Waals surface area contributed by atoms with Crippen LogP contribution in [-0.4, -0.2) is 23.5 Å². The highest BCUT2D eigenvalue weighted by molar-refractivity contribution is 6.32. The van der Waals surface area contributed by atoms with E-state index in [0.29, 0.717) is 22.7 Å². The van der Waals surface area contributed by atoms with Gasteiger partial charge in [-0.25, -0.2) is 4.79 Å². The Bertz CT molecular complexity index is 1190. The number of aromatic amines is 1. The van der Waals surface area contributed by atoms with Crippen LogP contribution in [0.2, 0.25) is 5.02 Å². The van der Waals surface area contributed by atoms with Gasteiger partial charge in [-0.15, -0.1) is 0 Å². The summed E-state index contributed by atoms with van der Waals surface area (Å²) in [6.45, 7) is 1.82. The lowest BCUT2D eigenvalue weighted by molar-refractivity contribution is -0.119. The molecule has 0 radical (unpaired) electrons. The Balaban J connectivity index is 1.42. The third-order valence-electron chi connectivity index (χ3n) is 5.38. The normalized spacial score (nSPS) is 15.3. The fourth-order valence-electron chi connectivity index (χ4n) is 3.81. The molecule has 152 valence electrons. The minimum atomic E-state index is -0.552. The first-order chi connectivity index (χ1) is 14.4. The molecule has 2 aromatic carbocycles. The van der Waals surface area contributed by atoms with Crippen molar-refractivity contribution in [2.75, 3.05) is 11.9 Å². The summed E-state index contributed by atoms with van der Waals surface area (Å²) in [4.78, 5) is 28.0. The molecule has 1 heterocycles. The zero-order chi connectivity index (χ0) is 21.3.